The van der Waals surface area contributed by atoms with Crippen molar-refractivity contribution in [2.45, 2.75) is 19.4 Å². The van der Waals surface area contributed by atoms with Crippen molar-refractivity contribution in [1.82, 2.24) is 4.90 Å². The summed E-state index contributed by atoms with van der Waals surface area (Å²) < 4.78 is 38.4. The molecule has 164 valence electrons. The number of nitrogens with zero attached hydrogens (tertiary/aromatic N) is 1. The summed E-state index contributed by atoms with van der Waals surface area (Å²) in [6, 6.07) is 4.67. The number of aliphatic hydroxyl groups is 1. The molecular formula is C21H21F2N3O5. The summed E-state index contributed by atoms with van der Waals surface area (Å²) in [6.07, 6.45) is 1.78. The highest BCUT2D eigenvalue weighted by Crippen LogP contribution is 2.33. The molecule has 0 unspecified atom stereocenters. The number of hydrogen-bond acceptors (Lipinski definition) is 6. The summed E-state index contributed by atoms with van der Waals surface area (Å²) in [5, 5.41) is 11.5. The van der Waals surface area contributed by atoms with E-state index in [9.17, 15) is 23.5 Å². The predicted octanol–water partition coefficient (Wildman–Crippen LogP) is 2.86. The minimum atomic E-state index is -1.04. The van der Waals surface area contributed by atoms with Crippen molar-refractivity contribution in [3.05, 3.63) is 53.2 Å². The van der Waals surface area contributed by atoms with E-state index in [1.807, 2.05) is 0 Å². The number of piperidine rings is 1. The zero-order chi connectivity index (χ0) is 22.1. The van der Waals surface area contributed by atoms with E-state index in [1.165, 1.54) is 6.07 Å². The molecule has 0 saturated carbocycles. The van der Waals surface area contributed by atoms with Crippen molar-refractivity contribution in [1.29, 1.82) is 0 Å². The first-order chi connectivity index (χ1) is 14.9. The second kappa shape index (κ2) is 8.48. The number of carbonyl (C=O) groups excluding carboxylic acids is 2. The molecule has 1 aliphatic heterocycles. The maximum absolute atomic E-state index is 14.0. The number of benzene rings is 1. The number of anilines is 1. The van der Waals surface area contributed by atoms with Gasteiger partial charge in [-0.15, -0.1) is 0 Å². The molecule has 4 rings (SSSR count). The molecule has 3 heterocycles. The molecular weight excluding hydrogens is 412 g/mol. The van der Waals surface area contributed by atoms with Gasteiger partial charge in [-0.1, -0.05) is 0 Å². The Morgan fingerprint density at radius 3 is 2.61 bits per heavy atom. The minimum absolute atomic E-state index is 0.0399. The number of halogens is 2. The summed E-state index contributed by atoms with van der Waals surface area (Å²) in [7, 11) is 0. The van der Waals surface area contributed by atoms with Gasteiger partial charge in [0.15, 0.2) is 17.2 Å². The molecule has 0 aliphatic carbocycles. The number of hydrogen-bond donors (Lipinski definition) is 3. The summed E-state index contributed by atoms with van der Waals surface area (Å²) >= 11 is 0. The smallest absolute Gasteiger partial charge is 0.291 e. The lowest BCUT2D eigenvalue weighted by molar-refractivity contribution is 0.0976. The van der Waals surface area contributed by atoms with Crippen LogP contribution >= 0.6 is 0 Å². The maximum Gasteiger partial charge on any atom is 0.291 e. The second-order valence-corrected chi connectivity index (χ2v) is 7.56. The molecule has 4 N–H and O–H groups in total. The Labute approximate surface area is 175 Å². The van der Waals surface area contributed by atoms with Gasteiger partial charge in [-0.2, -0.15) is 0 Å². The molecule has 31 heavy (non-hydrogen) atoms. The third kappa shape index (κ3) is 4.30. The van der Waals surface area contributed by atoms with Crippen LogP contribution in [0.5, 0.6) is 0 Å². The fourth-order valence-electron chi connectivity index (χ4n) is 3.73. The molecule has 0 bridgehead atoms. The van der Waals surface area contributed by atoms with Crippen molar-refractivity contribution >= 4 is 28.5 Å². The average molecular weight is 433 g/mol. The third-order valence-corrected chi connectivity index (χ3v) is 5.40. The molecule has 3 aromatic rings. The van der Waals surface area contributed by atoms with Crippen LogP contribution in [-0.2, 0) is 6.54 Å². The Morgan fingerprint density at radius 2 is 1.94 bits per heavy atom. The Balaban J connectivity index is 1.52. The Hall–Kier alpha value is -3.24. The molecule has 1 aliphatic rings. The quantitative estimate of drug-likeness (QED) is 0.550. The van der Waals surface area contributed by atoms with Gasteiger partial charge >= 0.3 is 0 Å². The van der Waals surface area contributed by atoms with Crippen LogP contribution in [0.3, 0.4) is 0 Å². The molecule has 0 atom stereocenters. The van der Waals surface area contributed by atoms with Crippen molar-refractivity contribution in [3.8, 4) is 0 Å². The van der Waals surface area contributed by atoms with Crippen LogP contribution < -0.4 is 11.1 Å². The fraction of sp³-hybridized carbons (Fsp3) is 0.333. The van der Waals surface area contributed by atoms with Crippen LogP contribution in [0.25, 0.3) is 11.0 Å². The van der Waals surface area contributed by atoms with Gasteiger partial charge < -0.3 is 25.0 Å². The van der Waals surface area contributed by atoms with E-state index in [0.29, 0.717) is 24.3 Å². The number of carbonyl (C=O) groups is 2. The number of aliphatic hydroxyl groups excluding tert-OH is 1. The largest absolute Gasteiger partial charge is 0.455 e. The Kier molecular flexibility index (Phi) is 5.75. The van der Waals surface area contributed by atoms with Gasteiger partial charge in [0.25, 0.3) is 11.8 Å². The molecule has 0 spiro atoms. The highest BCUT2D eigenvalue weighted by molar-refractivity contribution is 6.13. The molecule has 8 nitrogen and oxygen atoms in total. The number of nitrogens with one attached hydrogen (secondary N) is 1. The van der Waals surface area contributed by atoms with Crippen LogP contribution in [0.4, 0.5) is 14.5 Å². The second-order valence-electron chi connectivity index (χ2n) is 7.56. The summed E-state index contributed by atoms with van der Waals surface area (Å²) in [6.45, 7) is 2.31. The average Bonchev–Trinajstić information content (AvgIpc) is 3.34. The van der Waals surface area contributed by atoms with E-state index in [4.69, 9.17) is 14.6 Å². The standard InChI is InChI=1S/C21H21F2N3O5/c22-12-7-14-17(19(20(24)28)31-18(14)15(23)8-12)25-21(29)16-2-1-13(30-16)9-26-5-3-11(10-27)4-6-26/h1-2,7-8,11,27H,3-6,9-10H2,(H2,24,28)(H,25,29). The van der Waals surface area contributed by atoms with Crippen molar-refractivity contribution < 1.29 is 32.3 Å². The van der Waals surface area contributed by atoms with E-state index in [-0.39, 0.29) is 23.4 Å². The lowest BCUT2D eigenvalue weighted by atomic mass is 9.98. The van der Waals surface area contributed by atoms with Crippen molar-refractivity contribution in [2.75, 3.05) is 25.0 Å². The maximum atomic E-state index is 14.0. The molecule has 1 aromatic carbocycles. The normalized spacial score (nSPS) is 15.5. The summed E-state index contributed by atoms with van der Waals surface area (Å²) in [5.41, 5.74) is 4.65. The molecule has 2 aromatic heterocycles. The first-order valence-electron chi connectivity index (χ1n) is 9.80. The van der Waals surface area contributed by atoms with Crippen LogP contribution in [0, 0.1) is 17.6 Å². The molecule has 1 saturated heterocycles. The number of likely N-dealkylation sites (tertiary alicyclic amines) is 1. The summed E-state index contributed by atoms with van der Waals surface area (Å²) in [4.78, 5) is 26.5. The number of fused-ring (bicyclic) bond motifs is 1. The predicted molar refractivity (Wildman–Crippen MR) is 106 cm³/mol. The van der Waals surface area contributed by atoms with Gasteiger partial charge in [-0.3, -0.25) is 14.5 Å². The van der Waals surface area contributed by atoms with E-state index >= 15 is 0 Å². The van der Waals surface area contributed by atoms with E-state index in [1.54, 1.807) is 6.07 Å². The first kappa shape index (κ1) is 21.0. The topological polar surface area (TPSA) is 122 Å². The number of amides is 2. The highest BCUT2D eigenvalue weighted by atomic mass is 19.1. The number of furan rings is 2. The van der Waals surface area contributed by atoms with Crippen LogP contribution in [0.2, 0.25) is 0 Å². The highest BCUT2D eigenvalue weighted by Gasteiger charge is 2.25. The van der Waals surface area contributed by atoms with Crippen LogP contribution in [0.15, 0.2) is 33.1 Å². The van der Waals surface area contributed by atoms with Gasteiger partial charge in [-0.05, 0) is 50.0 Å². The third-order valence-electron chi connectivity index (χ3n) is 5.40. The number of rotatable bonds is 6. The van der Waals surface area contributed by atoms with Crippen LogP contribution in [-0.4, -0.2) is 41.5 Å². The Bertz CT molecular complexity index is 1130. The molecule has 0 radical (unpaired) electrons. The number of primary amides is 1. The SMILES string of the molecule is NC(=O)c1oc2c(F)cc(F)cc2c1NC(=O)c1ccc(CN2CCC(CO)CC2)o1. The number of nitrogens with two attached hydrogens (primary N) is 1. The van der Waals surface area contributed by atoms with E-state index < -0.39 is 34.8 Å². The lowest BCUT2D eigenvalue weighted by Gasteiger charge is -2.30. The minimum Gasteiger partial charge on any atom is -0.455 e. The van der Waals surface area contributed by atoms with Gasteiger partial charge in [0.1, 0.15) is 17.3 Å². The van der Waals surface area contributed by atoms with Crippen molar-refractivity contribution in [3.63, 3.8) is 0 Å². The molecule has 10 heteroatoms. The zero-order valence-electron chi connectivity index (χ0n) is 16.5. The fourth-order valence-corrected chi connectivity index (χ4v) is 3.73. The van der Waals surface area contributed by atoms with Crippen LogP contribution in [0.1, 0.15) is 39.7 Å². The van der Waals surface area contributed by atoms with Gasteiger partial charge in [0, 0.05) is 12.7 Å². The molecule has 2 amide bonds. The first-order valence-corrected chi connectivity index (χ1v) is 9.80. The monoisotopic (exact) mass is 433 g/mol. The van der Waals surface area contributed by atoms with Crippen molar-refractivity contribution in [2.24, 2.45) is 11.7 Å². The lowest BCUT2D eigenvalue weighted by Crippen LogP contribution is -2.34. The van der Waals surface area contributed by atoms with Gasteiger partial charge in [-0.25, -0.2) is 8.78 Å². The van der Waals surface area contributed by atoms with E-state index in [0.717, 1.165) is 32.0 Å². The van der Waals surface area contributed by atoms with Gasteiger partial charge in [0.2, 0.25) is 5.76 Å². The zero-order valence-corrected chi connectivity index (χ0v) is 16.5. The molecule has 1 fully saturated rings. The van der Waals surface area contributed by atoms with E-state index in [2.05, 4.69) is 10.2 Å². The van der Waals surface area contributed by atoms with Gasteiger partial charge in [0.05, 0.1) is 11.9 Å². The summed E-state index contributed by atoms with van der Waals surface area (Å²) in [5.74, 6) is -3.35. The Morgan fingerprint density at radius 1 is 1.19 bits per heavy atom.